The number of para-hydroxylation sites is 1. The molecule has 1 aliphatic heterocycles. The number of amides is 3. The number of anilines is 1. The van der Waals surface area contributed by atoms with Crippen LogP contribution in [-0.4, -0.2) is 49.8 Å². The Bertz CT molecular complexity index is 1170. The van der Waals surface area contributed by atoms with Crippen molar-refractivity contribution in [2.24, 2.45) is 5.92 Å². The average molecular weight is 496 g/mol. The van der Waals surface area contributed by atoms with E-state index in [0.29, 0.717) is 11.8 Å². The number of ether oxygens (including phenoxy) is 1. The van der Waals surface area contributed by atoms with Gasteiger partial charge in [-0.25, -0.2) is 22.0 Å². The molecule has 12 heteroatoms. The molecule has 0 bridgehead atoms. The maximum absolute atomic E-state index is 13.9. The molecule has 0 aliphatic carbocycles. The summed E-state index contributed by atoms with van der Waals surface area (Å²) < 4.78 is 58.8. The first-order chi connectivity index (χ1) is 16.1. The Morgan fingerprint density at radius 1 is 1.06 bits per heavy atom. The van der Waals surface area contributed by atoms with Crippen molar-refractivity contribution in [3.05, 3.63) is 60.2 Å². The number of nitrogens with zero attached hydrogens (tertiary/aromatic N) is 1. The fourth-order valence-electron chi connectivity index (χ4n) is 3.37. The van der Waals surface area contributed by atoms with Gasteiger partial charge in [0.1, 0.15) is 16.5 Å². The number of carbonyl (C=O) groups excluding carboxylic acids is 3. The molecule has 2 aromatic rings. The molecule has 0 radical (unpaired) electrons. The first kappa shape index (κ1) is 25.2. The Morgan fingerprint density at radius 3 is 2.35 bits per heavy atom. The zero-order valence-corrected chi connectivity index (χ0v) is 19.0. The second-order valence-corrected chi connectivity index (χ2v) is 9.55. The van der Waals surface area contributed by atoms with Crippen LogP contribution in [0.5, 0.6) is 0 Å². The third-order valence-corrected chi connectivity index (χ3v) is 7.14. The molecule has 2 N–H and O–H groups in total. The Balaban J connectivity index is 1.50. The first-order valence-electron chi connectivity index (χ1n) is 10.4. The number of esters is 1. The van der Waals surface area contributed by atoms with Gasteiger partial charge < -0.3 is 10.1 Å². The van der Waals surface area contributed by atoms with Gasteiger partial charge in [0.2, 0.25) is 10.0 Å². The Hall–Kier alpha value is -3.38. The van der Waals surface area contributed by atoms with Gasteiger partial charge in [-0.3, -0.25) is 14.9 Å². The van der Waals surface area contributed by atoms with Gasteiger partial charge >= 0.3 is 12.0 Å². The minimum absolute atomic E-state index is 0.0673. The van der Waals surface area contributed by atoms with Crippen LogP contribution in [0.1, 0.15) is 19.8 Å². The summed E-state index contributed by atoms with van der Waals surface area (Å²) in [5.41, 5.74) is 0.470. The topological polar surface area (TPSA) is 122 Å². The van der Waals surface area contributed by atoms with Crippen LogP contribution in [0.25, 0.3) is 0 Å². The highest BCUT2D eigenvalue weighted by molar-refractivity contribution is 7.89. The number of piperidine rings is 1. The average Bonchev–Trinajstić information content (AvgIpc) is 2.81. The lowest BCUT2D eigenvalue weighted by molar-refractivity contribution is -0.159. The molecule has 1 heterocycles. The molecule has 9 nitrogen and oxygen atoms in total. The van der Waals surface area contributed by atoms with Crippen LogP contribution in [-0.2, 0) is 24.3 Å². The lowest BCUT2D eigenvalue weighted by atomic mass is 9.98. The molecule has 3 amide bonds. The first-order valence-corrected chi connectivity index (χ1v) is 11.8. The van der Waals surface area contributed by atoms with Gasteiger partial charge in [-0.05, 0) is 50.1 Å². The number of sulfonamides is 1. The largest absolute Gasteiger partial charge is 0.452 e. The Labute approximate surface area is 195 Å². The highest BCUT2D eigenvalue weighted by Gasteiger charge is 2.35. The molecule has 1 atom stereocenters. The van der Waals surface area contributed by atoms with E-state index in [-0.39, 0.29) is 25.9 Å². The van der Waals surface area contributed by atoms with E-state index in [1.54, 1.807) is 30.3 Å². The van der Waals surface area contributed by atoms with Crippen molar-refractivity contribution in [2.75, 3.05) is 18.4 Å². The Morgan fingerprint density at radius 2 is 1.71 bits per heavy atom. The summed E-state index contributed by atoms with van der Waals surface area (Å²) in [6, 6.07) is 9.79. The SMILES string of the molecule is CC(OC(=O)C1CCN(S(=O)(=O)c2cc(F)ccc2F)CC1)C(=O)NC(=O)Nc1ccccc1. The molecule has 0 saturated carbocycles. The maximum atomic E-state index is 13.9. The fraction of sp³-hybridized carbons (Fsp3) is 0.318. The highest BCUT2D eigenvalue weighted by atomic mass is 32.2. The summed E-state index contributed by atoms with van der Waals surface area (Å²) >= 11 is 0. The third kappa shape index (κ3) is 6.14. The van der Waals surface area contributed by atoms with Crippen LogP contribution < -0.4 is 10.6 Å². The summed E-state index contributed by atoms with van der Waals surface area (Å²) in [6.45, 7) is 1.07. The van der Waals surface area contributed by atoms with E-state index in [0.717, 1.165) is 16.4 Å². The maximum Gasteiger partial charge on any atom is 0.325 e. The zero-order chi connectivity index (χ0) is 24.9. The van der Waals surface area contributed by atoms with Crippen LogP contribution in [0.2, 0.25) is 0 Å². The minimum Gasteiger partial charge on any atom is -0.452 e. The zero-order valence-electron chi connectivity index (χ0n) is 18.2. The van der Waals surface area contributed by atoms with Gasteiger partial charge in [-0.15, -0.1) is 0 Å². The number of halogens is 2. The second-order valence-electron chi connectivity index (χ2n) is 7.64. The molecule has 1 unspecified atom stereocenters. The number of imide groups is 1. The number of urea groups is 1. The van der Waals surface area contributed by atoms with Crippen LogP contribution in [0, 0.1) is 17.6 Å². The van der Waals surface area contributed by atoms with E-state index in [2.05, 4.69) is 10.6 Å². The molecule has 2 aromatic carbocycles. The summed E-state index contributed by atoms with van der Waals surface area (Å²) in [4.78, 5) is 35.7. The van der Waals surface area contributed by atoms with Gasteiger partial charge in [-0.1, -0.05) is 18.2 Å². The van der Waals surface area contributed by atoms with Crippen LogP contribution in [0.3, 0.4) is 0 Å². The summed E-state index contributed by atoms with van der Waals surface area (Å²) in [5, 5.41) is 4.53. The van der Waals surface area contributed by atoms with E-state index in [1.807, 2.05) is 0 Å². The van der Waals surface area contributed by atoms with Crippen molar-refractivity contribution in [1.29, 1.82) is 0 Å². The minimum atomic E-state index is -4.28. The molecular weight excluding hydrogens is 472 g/mol. The number of carbonyl (C=O) groups is 3. The van der Waals surface area contributed by atoms with Crippen molar-refractivity contribution in [2.45, 2.75) is 30.8 Å². The summed E-state index contributed by atoms with van der Waals surface area (Å²) in [6.07, 6.45) is -1.13. The quantitative estimate of drug-likeness (QED) is 0.595. The van der Waals surface area contributed by atoms with E-state index in [9.17, 15) is 31.6 Å². The number of hydrogen-bond donors (Lipinski definition) is 2. The molecule has 0 aromatic heterocycles. The van der Waals surface area contributed by atoms with E-state index < -0.39 is 56.5 Å². The van der Waals surface area contributed by atoms with Gasteiger partial charge in [0, 0.05) is 18.8 Å². The Kier molecular flexibility index (Phi) is 7.94. The predicted octanol–water partition coefficient (Wildman–Crippen LogP) is 2.65. The van der Waals surface area contributed by atoms with E-state index in [4.69, 9.17) is 4.74 Å². The molecule has 1 aliphatic rings. The van der Waals surface area contributed by atoms with Crippen LogP contribution in [0.4, 0.5) is 19.3 Å². The van der Waals surface area contributed by atoms with Gasteiger partial charge in [0.15, 0.2) is 6.10 Å². The highest BCUT2D eigenvalue weighted by Crippen LogP contribution is 2.26. The molecule has 1 saturated heterocycles. The van der Waals surface area contributed by atoms with E-state index in [1.165, 1.54) is 6.92 Å². The number of hydrogen-bond acceptors (Lipinski definition) is 6. The molecule has 34 heavy (non-hydrogen) atoms. The van der Waals surface area contributed by atoms with Crippen molar-refractivity contribution < 1.29 is 36.3 Å². The molecule has 1 fully saturated rings. The molecule has 0 spiro atoms. The second kappa shape index (κ2) is 10.7. The number of nitrogens with one attached hydrogen (secondary N) is 2. The number of rotatable bonds is 6. The predicted molar refractivity (Wildman–Crippen MR) is 117 cm³/mol. The van der Waals surface area contributed by atoms with Gasteiger partial charge in [0.05, 0.1) is 5.92 Å². The van der Waals surface area contributed by atoms with Crippen LogP contribution in [0.15, 0.2) is 53.4 Å². The lowest BCUT2D eigenvalue weighted by Crippen LogP contribution is -2.44. The van der Waals surface area contributed by atoms with Crippen molar-refractivity contribution in [3.8, 4) is 0 Å². The van der Waals surface area contributed by atoms with Crippen LogP contribution >= 0.6 is 0 Å². The molecular formula is C22H23F2N3O6S. The van der Waals surface area contributed by atoms with E-state index >= 15 is 0 Å². The smallest absolute Gasteiger partial charge is 0.325 e. The summed E-state index contributed by atoms with van der Waals surface area (Å²) in [7, 11) is -4.28. The van der Waals surface area contributed by atoms with Gasteiger partial charge in [-0.2, -0.15) is 4.31 Å². The standard InChI is InChI=1S/C22H23F2N3O6S/c1-14(20(28)26-22(30)25-17-5-3-2-4-6-17)33-21(29)15-9-11-27(12-10-15)34(31,32)19-13-16(23)7-8-18(19)24/h2-8,13-15H,9-12H2,1H3,(H2,25,26,28,30). The van der Waals surface area contributed by atoms with Crippen molar-refractivity contribution >= 4 is 33.6 Å². The molecule has 182 valence electrons. The third-order valence-electron chi connectivity index (χ3n) is 5.23. The number of benzene rings is 2. The normalized spacial score (nSPS) is 15.9. The molecule has 3 rings (SSSR count). The monoisotopic (exact) mass is 495 g/mol. The van der Waals surface area contributed by atoms with Crippen molar-refractivity contribution in [3.63, 3.8) is 0 Å². The lowest BCUT2D eigenvalue weighted by Gasteiger charge is -2.30. The van der Waals surface area contributed by atoms with Crippen molar-refractivity contribution in [1.82, 2.24) is 9.62 Å². The van der Waals surface area contributed by atoms with Gasteiger partial charge in [0.25, 0.3) is 5.91 Å². The fourth-order valence-corrected chi connectivity index (χ4v) is 4.91. The summed E-state index contributed by atoms with van der Waals surface area (Å²) in [5.74, 6) is -4.21.